The third-order valence-electron chi connectivity index (χ3n) is 6.67. The SMILES string of the molecule is ClCCNc1cc(-c2cn(Cc3cn4cc(CNCC5CCC5)ccc4n3)nn2)c2cn[nH]c2c1. The Morgan fingerprint density at radius 3 is 2.94 bits per heavy atom. The van der Waals surface area contributed by atoms with E-state index in [4.69, 9.17) is 16.6 Å². The van der Waals surface area contributed by atoms with Crippen molar-refractivity contribution in [3.8, 4) is 11.3 Å². The number of benzene rings is 1. The molecule has 0 atom stereocenters. The Morgan fingerprint density at radius 1 is 1.14 bits per heavy atom. The molecular formula is C25H28ClN9. The first-order chi connectivity index (χ1) is 17.2. The molecule has 0 saturated heterocycles. The van der Waals surface area contributed by atoms with Crippen LogP contribution >= 0.6 is 11.6 Å². The van der Waals surface area contributed by atoms with Crippen molar-refractivity contribution in [3.63, 3.8) is 0 Å². The molecule has 0 aliphatic heterocycles. The molecule has 4 heterocycles. The maximum absolute atomic E-state index is 5.85. The molecule has 1 aliphatic rings. The molecule has 4 aromatic heterocycles. The molecule has 6 rings (SSSR count). The molecule has 10 heteroatoms. The number of nitrogens with zero attached hydrogens (tertiary/aromatic N) is 6. The number of aromatic amines is 1. The Morgan fingerprint density at radius 2 is 2.09 bits per heavy atom. The van der Waals surface area contributed by atoms with Crippen LogP contribution < -0.4 is 10.6 Å². The van der Waals surface area contributed by atoms with Gasteiger partial charge in [0.25, 0.3) is 0 Å². The Labute approximate surface area is 207 Å². The second kappa shape index (κ2) is 9.67. The molecule has 180 valence electrons. The van der Waals surface area contributed by atoms with E-state index in [1.165, 1.54) is 24.8 Å². The topological polar surface area (TPSA) is 101 Å². The first kappa shape index (κ1) is 22.1. The van der Waals surface area contributed by atoms with Gasteiger partial charge >= 0.3 is 0 Å². The van der Waals surface area contributed by atoms with E-state index in [-0.39, 0.29) is 0 Å². The van der Waals surface area contributed by atoms with E-state index in [0.29, 0.717) is 19.0 Å². The van der Waals surface area contributed by atoms with Gasteiger partial charge in [-0.2, -0.15) is 5.10 Å². The molecule has 1 aliphatic carbocycles. The number of halogens is 1. The van der Waals surface area contributed by atoms with Gasteiger partial charge < -0.3 is 15.0 Å². The number of hydrogen-bond acceptors (Lipinski definition) is 6. The maximum atomic E-state index is 5.85. The Balaban J connectivity index is 1.18. The highest BCUT2D eigenvalue weighted by Gasteiger charge is 2.16. The summed E-state index contributed by atoms with van der Waals surface area (Å²) in [4.78, 5) is 4.77. The predicted molar refractivity (Wildman–Crippen MR) is 138 cm³/mol. The lowest BCUT2D eigenvalue weighted by Crippen LogP contribution is -2.26. The van der Waals surface area contributed by atoms with Crippen molar-refractivity contribution < 1.29 is 0 Å². The van der Waals surface area contributed by atoms with E-state index >= 15 is 0 Å². The summed E-state index contributed by atoms with van der Waals surface area (Å²) < 4.78 is 3.91. The van der Waals surface area contributed by atoms with E-state index in [1.54, 1.807) is 0 Å². The van der Waals surface area contributed by atoms with E-state index in [2.05, 4.69) is 66.1 Å². The van der Waals surface area contributed by atoms with Crippen LogP contribution in [0, 0.1) is 5.92 Å². The molecule has 3 N–H and O–H groups in total. The Hall–Kier alpha value is -3.43. The molecule has 1 fully saturated rings. The van der Waals surface area contributed by atoms with Gasteiger partial charge in [0.05, 0.1) is 30.1 Å². The first-order valence-corrected chi connectivity index (χ1v) is 12.6. The third-order valence-corrected chi connectivity index (χ3v) is 6.86. The van der Waals surface area contributed by atoms with Crippen molar-refractivity contribution in [1.82, 2.24) is 39.9 Å². The van der Waals surface area contributed by atoms with Gasteiger partial charge in [0.2, 0.25) is 0 Å². The van der Waals surface area contributed by atoms with Crippen molar-refractivity contribution in [3.05, 3.63) is 60.3 Å². The predicted octanol–water partition coefficient (Wildman–Crippen LogP) is 4.06. The number of rotatable bonds is 10. The lowest BCUT2D eigenvalue weighted by atomic mass is 9.85. The molecule has 35 heavy (non-hydrogen) atoms. The zero-order valence-electron chi connectivity index (χ0n) is 19.4. The largest absolute Gasteiger partial charge is 0.384 e. The second-order valence-electron chi connectivity index (χ2n) is 9.24. The smallest absolute Gasteiger partial charge is 0.137 e. The number of alkyl halides is 1. The molecule has 0 amide bonds. The van der Waals surface area contributed by atoms with E-state index in [0.717, 1.165) is 58.2 Å². The number of nitrogens with one attached hydrogen (secondary N) is 3. The average Bonchev–Trinajstić information content (AvgIpc) is 3.58. The van der Waals surface area contributed by atoms with Crippen molar-refractivity contribution in [1.29, 1.82) is 0 Å². The van der Waals surface area contributed by atoms with Crippen LogP contribution in [-0.4, -0.2) is 53.5 Å². The lowest BCUT2D eigenvalue weighted by molar-refractivity contribution is 0.301. The van der Waals surface area contributed by atoms with Crippen LogP contribution in [0.5, 0.6) is 0 Å². The van der Waals surface area contributed by atoms with Crippen LogP contribution in [0.4, 0.5) is 5.69 Å². The van der Waals surface area contributed by atoms with Gasteiger partial charge in [-0.3, -0.25) is 5.10 Å². The highest BCUT2D eigenvalue weighted by atomic mass is 35.5. The Bertz CT molecular complexity index is 1450. The Kier molecular flexibility index (Phi) is 6.10. The monoisotopic (exact) mass is 489 g/mol. The number of anilines is 1. The van der Waals surface area contributed by atoms with Gasteiger partial charge in [-0.05, 0) is 49.1 Å². The number of pyridine rings is 1. The summed E-state index contributed by atoms with van der Waals surface area (Å²) in [5.41, 5.74) is 6.78. The number of H-pyrrole nitrogens is 1. The molecule has 1 saturated carbocycles. The molecule has 0 bridgehead atoms. The number of aromatic nitrogens is 7. The van der Waals surface area contributed by atoms with Crippen LogP contribution in [0.15, 0.2) is 49.1 Å². The molecule has 9 nitrogen and oxygen atoms in total. The van der Waals surface area contributed by atoms with Gasteiger partial charge in [-0.25, -0.2) is 9.67 Å². The molecule has 0 unspecified atom stereocenters. The number of hydrogen-bond donors (Lipinski definition) is 3. The molecule has 5 aromatic rings. The van der Waals surface area contributed by atoms with E-state index < -0.39 is 0 Å². The van der Waals surface area contributed by atoms with Gasteiger partial charge in [0.1, 0.15) is 11.3 Å². The van der Waals surface area contributed by atoms with E-state index in [1.807, 2.05) is 23.1 Å². The summed E-state index contributed by atoms with van der Waals surface area (Å²) >= 11 is 5.85. The lowest BCUT2D eigenvalue weighted by Gasteiger charge is -2.25. The minimum Gasteiger partial charge on any atom is -0.384 e. The number of imidazole rings is 1. The third kappa shape index (κ3) is 4.74. The molecule has 1 aromatic carbocycles. The molecular weight excluding hydrogens is 462 g/mol. The minimum atomic E-state index is 0.532. The van der Waals surface area contributed by atoms with Crippen molar-refractivity contribution >= 4 is 33.8 Å². The summed E-state index contributed by atoms with van der Waals surface area (Å²) in [6, 6.07) is 8.31. The highest BCUT2D eigenvalue weighted by molar-refractivity contribution is 6.18. The van der Waals surface area contributed by atoms with Crippen LogP contribution in [0.2, 0.25) is 0 Å². The second-order valence-corrected chi connectivity index (χ2v) is 9.61. The summed E-state index contributed by atoms with van der Waals surface area (Å²) in [6.45, 7) is 3.22. The summed E-state index contributed by atoms with van der Waals surface area (Å²) in [7, 11) is 0. The standard InChI is InChI=1S/C25H28ClN9/c26-6-7-28-19-8-21(22-12-29-31-23(22)9-19)24-16-35(33-32-24)15-20-14-34-13-18(4-5-25(34)30-20)11-27-10-17-2-1-3-17/h4-5,8-9,12-14,16-17,27-28H,1-3,6-7,10-11,15H2,(H,29,31). The van der Waals surface area contributed by atoms with Crippen molar-refractivity contribution in [2.45, 2.75) is 32.4 Å². The van der Waals surface area contributed by atoms with Gasteiger partial charge in [0, 0.05) is 48.0 Å². The fourth-order valence-corrected chi connectivity index (χ4v) is 4.71. The van der Waals surface area contributed by atoms with E-state index in [9.17, 15) is 0 Å². The average molecular weight is 490 g/mol. The van der Waals surface area contributed by atoms with Gasteiger partial charge in [-0.15, -0.1) is 16.7 Å². The zero-order valence-corrected chi connectivity index (χ0v) is 20.2. The molecule has 0 radical (unpaired) electrons. The highest BCUT2D eigenvalue weighted by Crippen LogP contribution is 2.30. The summed E-state index contributed by atoms with van der Waals surface area (Å²) in [5, 5.41) is 23.9. The first-order valence-electron chi connectivity index (χ1n) is 12.1. The van der Waals surface area contributed by atoms with Crippen LogP contribution in [0.3, 0.4) is 0 Å². The fraction of sp³-hybridized carbons (Fsp3) is 0.360. The van der Waals surface area contributed by atoms with Crippen molar-refractivity contribution in [2.75, 3.05) is 24.3 Å². The normalized spacial score (nSPS) is 14.1. The van der Waals surface area contributed by atoms with Gasteiger partial charge in [0.15, 0.2) is 0 Å². The minimum absolute atomic E-state index is 0.532. The van der Waals surface area contributed by atoms with Gasteiger partial charge in [-0.1, -0.05) is 17.7 Å². The van der Waals surface area contributed by atoms with Crippen LogP contribution in [0.1, 0.15) is 30.5 Å². The zero-order chi connectivity index (χ0) is 23.6. The molecule has 0 spiro atoms. The quantitative estimate of drug-likeness (QED) is 0.256. The van der Waals surface area contributed by atoms with Crippen LogP contribution in [-0.2, 0) is 13.1 Å². The summed E-state index contributed by atoms with van der Waals surface area (Å²) in [6.07, 6.45) is 12.1. The maximum Gasteiger partial charge on any atom is 0.137 e. The van der Waals surface area contributed by atoms with Crippen LogP contribution in [0.25, 0.3) is 27.8 Å². The summed E-state index contributed by atoms with van der Waals surface area (Å²) in [5.74, 6) is 1.39. The van der Waals surface area contributed by atoms with Crippen molar-refractivity contribution in [2.24, 2.45) is 5.92 Å². The number of fused-ring (bicyclic) bond motifs is 2. The fourth-order valence-electron chi connectivity index (χ4n) is 4.61.